The molecule has 3 N–H and O–H groups in total. The predicted octanol–water partition coefficient (Wildman–Crippen LogP) is 2.80. The molecule has 2 aromatic carbocycles. The van der Waals surface area contributed by atoms with Crippen LogP contribution in [0.1, 0.15) is 10.4 Å². The number of nitrogens with one attached hydrogen (secondary N) is 3. The molecular weight excluding hydrogens is 410 g/mol. The van der Waals surface area contributed by atoms with Crippen molar-refractivity contribution in [1.82, 2.24) is 15.4 Å². The van der Waals surface area contributed by atoms with Crippen molar-refractivity contribution in [2.75, 3.05) is 17.9 Å². The lowest BCUT2D eigenvalue weighted by Crippen LogP contribution is -2.30. The Morgan fingerprint density at radius 1 is 1.00 bits per heavy atom. The molecule has 0 radical (unpaired) electrons. The minimum atomic E-state index is -0.748. The zero-order chi connectivity index (χ0) is 22.4. The highest BCUT2D eigenvalue weighted by atomic mass is 16.6. The van der Waals surface area contributed by atoms with Crippen LogP contribution in [0.25, 0.3) is 0 Å². The lowest BCUT2D eigenvalue weighted by atomic mass is 10.2. The van der Waals surface area contributed by atoms with E-state index in [0.29, 0.717) is 5.75 Å². The highest BCUT2D eigenvalue weighted by molar-refractivity contribution is 5.95. The number of amides is 1. The number of anilines is 3. The maximum atomic E-state index is 12.3. The summed E-state index contributed by atoms with van der Waals surface area (Å²) in [5.41, 5.74) is 4.45. The summed E-state index contributed by atoms with van der Waals surface area (Å²) in [4.78, 5) is 41.1. The summed E-state index contributed by atoms with van der Waals surface area (Å²) in [7, 11) is 1.49. The van der Waals surface area contributed by atoms with Gasteiger partial charge in [-0.1, -0.05) is 6.07 Å². The molecule has 3 rings (SSSR count). The number of nitrogens with zero attached hydrogens (tertiary/aromatic N) is 4. The predicted molar refractivity (Wildman–Crippen MR) is 109 cm³/mol. The summed E-state index contributed by atoms with van der Waals surface area (Å²) >= 11 is 0. The number of carbonyl (C=O) groups is 1. The number of benzene rings is 2. The Balaban J connectivity index is 1.81. The summed E-state index contributed by atoms with van der Waals surface area (Å²) < 4.78 is 5.02. The van der Waals surface area contributed by atoms with E-state index >= 15 is 0 Å². The molecule has 0 aliphatic carbocycles. The fraction of sp³-hybridized carbons (Fsp3) is 0.0556. The fourth-order valence-electron chi connectivity index (χ4n) is 2.50. The molecule has 0 saturated heterocycles. The van der Waals surface area contributed by atoms with Crippen molar-refractivity contribution in [1.29, 1.82) is 0 Å². The van der Waals surface area contributed by atoms with E-state index in [0.717, 1.165) is 6.33 Å². The van der Waals surface area contributed by atoms with Crippen molar-refractivity contribution in [2.24, 2.45) is 0 Å². The number of non-ortho nitro benzene ring substituents is 1. The monoisotopic (exact) mass is 425 g/mol. The summed E-state index contributed by atoms with van der Waals surface area (Å²) in [5.74, 6) is -0.506. The third-order valence-electron chi connectivity index (χ3n) is 3.97. The van der Waals surface area contributed by atoms with Crippen LogP contribution in [0, 0.1) is 20.2 Å². The number of methoxy groups -OCH3 is 1. The molecule has 0 aliphatic rings. The van der Waals surface area contributed by atoms with Gasteiger partial charge in [0.05, 0.1) is 17.0 Å². The average Bonchev–Trinajstić information content (AvgIpc) is 2.77. The first-order chi connectivity index (χ1) is 14.9. The number of hydrogen-bond acceptors (Lipinski definition) is 10. The van der Waals surface area contributed by atoms with Crippen LogP contribution in [0.4, 0.5) is 28.7 Å². The minimum absolute atomic E-state index is 0.202. The van der Waals surface area contributed by atoms with Crippen LogP contribution in [0.5, 0.6) is 5.75 Å². The van der Waals surface area contributed by atoms with Gasteiger partial charge in [0.2, 0.25) is 11.6 Å². The maximum absolute atomic E-state index is 12.3. The molecule has 0 atom stereocenters. The average molecular weight is 425 g/mol. The van der Waals surface area contributed by atoms with Crippen LogP contribution in [0.15, 0.2) is 54.9 Å². The quantitative estimate of drug-likeness (QED) is 0.359. The Labute approximate surface area is 174 Å². The van der Waals surface area contributed by atoms with Gasteiger partial charge in [-0.3, -0.25) is 35.9 Å². The van der Waals surface area contributed by atoms with Gasteiger partial charge in [0.1, 0.15) is 12.1 Å². The van der Waals surface area contributed by atoms with Crippen LogP contribution in [-0.2, 0) is 0 Å². The van der Waals surface area contributed by atoms with Crippen molar-refractivity contribution in [3.8, 4) is 5.75 Å². The summed E-state index contributed by atoms with van der Waals surface area (Å²) in [6.45, 7) is 0. The number of rotatable bonds is 8. The molecule has 0 aliphatic heterocycles. The molecule has 13 nitrogen and oxygen atoms in total. The van der Waals surface area contributed by atoms with E-state index < -0.39 is 21.4 Å². The van der Waals surface area contributed by atoms with E-state index in [4.69, 9.17) is 4.74 Å². The van der Waals surface area contributed by atoms with Gasteiger partial charge in [-0.15, -0.1) is 0 Å². The molecule has 0 bridgehead atoms. The number of ether oxygens (including phenoxy) is 1. The number of nitro benzene ring substituents is 1. The van der Waals surface area contributed by atoms with Crippen molar-refractivity contribution in [3.63, 3.8) is 0 Å². The summed E-state index contributed by atoms with van der Waals surface area (Å²) in [6.07, 6.45) is 1.04. The molecule has 1 heterocycles. The van der Waals surface area contributed by atoms with Crippen LogP contribution >= 0.6 is 0 Å². The van der Waals surface area contributed by atoms with Gasteiger partial charge in [0.15, 0.2) is 0 Å². The Hall–Kier alpha value is -4.81. The smallest absolute Gasteiger partial charge is 0.355 e. The van der Waals surface area contributed by atoms with E-state index in [1.165, 1.54) is 43.5 Å². The lowest BCUT2D eigenvalue weighted by molar-refractivity contribution is -0.384. The van der Waals surface area contributed by atoms with Gasteiger partial charge in [-0.2, -0.15) is 0 Å². The Kier molecular flexibility index (Phi) is 6.16. The summed E-state index contributed by atoms with van der Waals surface area (Å²) in [5, 5.41) is 25.2. The number of nitro groups is 2. The van der Waals surface area contributed by atoms with Crippen LogP contribution in [-0.4, -0.2) is 32.8 Å². The minimum Gasteiger partial charge on any atom is -0.497 e. The molecular formula is C18H15N7O6. The van der Waals surface area contributed by atoms with Crippen LogP contribution in [0.2, 0.25) is 0 Å². The molecule has 1 amide bonds. The van der Waals surface area contributed by atoms with E-state index in [1.54, 1.807) is 12.1 Å². The van der Waals surface area contributed by atoms with Crippen molar-refractivity contribution in [3.05, 3.63) is 80.7 Å². The number of hydrazine groups is 1. The Morgan fingerprint density at radius 2 is 1.71 bits per heavy atom. The zero-order valence-corrected chi connectivity index (χ0v) is 15.9. The third kappa shape index (κ3) is 4.97. The van der Waals surface area contributed by atoms with Gasteiger partial charge in [0, 0.05) is 23.4 Å². The molecule has 0 spiro atoms. The third-order valence-corrected chi connectivity index (χ3v) is 3.97. The first kappa shape index (κ1) is 20.9. The van der Waals surface area contributed by atoms with E-state index in [-0.39, 0.29) is 28.6 Å². The molecule has 13 heteroatoms. The number of aromatic nitrogens is 2. The number of carbonyl (C=O) groups excluding carboxylic acids is 1. The van der Waals surface area contributed by atoms with Crippen LogP contribution < -0.4 is 20.9 Å². The standard InChI is InChI=1S/C18H15N7O6/c1-31-14-7-5-11(6-8-14)18(26)23-22-17-15(25(29)30)16(19-10-20-17)21-12-3-2-4-13(9-12)24(27)28/h2-10H,1H3,(H,23,26)(H2,19,20,21,22). The topological polar surface area (TPSA) is 174 Å². The molecule has 31 heavy (non-hydrogen) atoms. The fourth-order valence-corrected chi connectivity index (χ4v) is 2.50. The van der Waals surface area contributed by atoms with E-state index in [9.17, 15) is 25.0 Å². The summed E-state index contributed by atoms with van der Waals surface area (Å²) in [6, 6.07) is 11.6. The second-order valence-electron chi connectivity index (χ2n) is 5.92. The second kappa shape index (κ2) is 9.13. The Bertz CT molecular complexity index is 1140. The largest absolute Gasteiger partial charge is 0.497 e. The molecule has 158 valence electrons. The normalized spacial score (nSPS) is 10.1. The van der Waals surface area contributed by atoms with Crippen molar-refractivity contribution in [2.45, 2.75) is 0 Å². The highest BCUT2D eigenvalue weighted by Gasteiger charge is 2.24. The SMILES string of the molecule is COc1ccc(C(=O)NNc2ncnc(Nc3cccc([N+](=O)[O-])c3)c2[N+](=O)[O-])cc1. The van der Waals surface area contributed by atoms with Crippen LogP contribution in [0.3, 0.4) is 0 Å². The first-order valence-electron chi connectivity index (χ1n) is 8.60. The first-order valence-corrected chi connectivity index (χ1v) is 8.60. The van der Waals surface area contributed by atoms with Crippen molar-refractivity contribution < 1.29 is 19.4 Å². The van der Waals surface area contributed by atoms with Crippen molar-refractivity contribution >= 4 is 34.6 Å². The molecule has 0 unspecified atom stereocenters. The van der Waals surface area contributed by atoms with Gasteiger partial charge in [-0.25, -0.2) is 9.97 Å². The van der Waals surface area contributed by atoms with Gasteiger partial charge >= 0.3 is 5.69 Å². The van der Waals surface area contributed by atoms with Gasteiger partial charge in [-0.05, 0) is 30.3 Å². The van der Waals surface area contributed by atoms with E-state index in [1.807, 2.05) is 0 Å². The maximum Gasteiger partial charge on any atom is 0.355 e. The molecule has 3 aromatic rings. The molecule has 0 saturated carbocycles. The van der Waals surface area contributed by atoms with Gasteiger partial charge in [0.25, 0.3) is 11.6 Å². The molecule has 0 fully saturated rings. The second-order valence-corrected chi connectivity index (χ2v) is 5.92. The number of hydrogen-bond donors (Lipinski definition) is 3. The van der Waals surface area contributed by atoms with E-state index in [2.05, 4.69) is 26.1 Å². The lowest BCUT2D eigenvalue weighted by Gasteiger charge is -2.11. The molecule has 1 aromatic heterocycles. The zero-order valence-electron chi connectivity index (χ0n) is 15.9. The Morgan fingerprint density at radius 3 is 2.35 bits per heavy atom. The van der Waals surface area contributed by atoms with Gasteiger partial charge < -0.3 is 10.1 Å². The highest BCUT2D eigenvalue weighted by Crippen LogP contribution is 2.31.